The van der Waals surface area contributed by atoms with Crippen LogP contribution in [0.25, 0.3) is 0 Å². The van der Waals surface area contributed by atoms with Crippen molar-refractivity contribution in [2.24, 2.45) is 0 Å². The minimum absolute atomic E-state index is 0.0854. The van der Waals surface area contributed by atoms with Gasteiger partial charge in [0.2, 0.25) is 11.8 Å². The monoisotopic (exact) mass is 232 g/mol. The fourth-order valence-corrected chi connectivity index (χ4v) is 1.38. The molecule has 1 aromatic carbocycles. The van der Waals surface area contributed by atoms with Gasteiger partial charge in [0.1, 0.15) is 0 Å². The summed E-state index contributed by atoms with van der Waals surface area (Å²) in [7, 11) is 1.59. The highest BCUT2D eigenvalue weighted by Crippen LogP contribution is 2.15. The molecule has 0 aliphatic heterocycles. The van der Waals surface area contributed by atoms with Crippen molar-refractivity contribution >= 4 is 17.5 Å². The summed E-state index contributed by atoms with van der Waals surface area (Å²) in [5.74, 6) is -0.283. The Labute approximate surface area is 101 Å². The van der Waals surface area contributed by atoms with E-state index in [1.807, 2.05) is 18.2 Å². The summed E-state index contributed by atoms with van der Waals surface area (Å²) in [5, 5.41) is 5.29. The van der Waals surface area contributed by atoms with Crippen molar-refractivity contribution < 1.29 is 9.59 Å². The number of carbonyl (C=O) groups is 2. The van der Waals surface area contributed by atoms with Gasteiger partial charge in [-0.25, -0.2) is 0 Å². The van der Waals surface area contributed by atoms with Crippen molar-refractivity contribution in [2.75, 3.05) is 12.4 Å². The predicted octanol–water partition coefficient (Wildman–Crippen LogP) is 1.49. The highest BCUT2D eigenvalue weighted by molar-refractivity contribution is 6.00. The number of para-hydroxylation sites is 1. The molecule has 17 heavy (non-hydrogen) atoms. The Bertz CT molecular complexity index is 439. The van der Waals surface area contributed by atoms with Crippen LogP contribution in [0.2, 0.25) is 0 Å². The van der Waals surface area contributed by atoms with E-state index in [0.717, 1.165) is 5.56 Å². The molecule has 0 radical (unpaired) electrons. The molecule has 2 N–H and O–H groups in total. The summed E-state index contributed by atoms with van der Waals surface area (Å²) in [6, 6.07) is 7.25. The number of hydrogen-bond acceptors (Lipinski definition) is 2. The van der Waals surface area contributed by atoms with Gasteiger partial charge in [0, 0.05) is 12.7 Å². The smallest absolute Gasteiger partial charge is 0.248 e. The zero-order valence-corrected chi connectivity index (χ0v) is 9.99. The number of hydrogen-bond donors (Lipinski definition) is 2. The van der Waals surface area contributed by atoms with Crippen LogP contribution in [0.3, 0.4) is 0 Å². The molecule has 0 aliphatic rings. The second kappa shape index (κ2) is 6.48. The number of allylic oxidation sites excluding steroid dienone is 1. The zero-order valence-electron chi connectivity index (χ0n) is 9.99. The van der Waals surface area contributed by atoms with Crippen molar-refractivity contribution in [1.82, 2.24) is 5.32 Å². The second-order valence-electron chi connectivity index (χ2n) is 3.50. The quantitative estimate of drug-likeness (QED) is 0.773. The molecule has 4 heteroatoms. The first-order valence-corrected chi connectivity index (χ1v) is 5.39. The van der Waals surface area contributed by atoms with Crippen LogP contribution in [-0.2, 0) is 16.0 Å². The van der Waals surface area contributed by atoms with Crippen LogP contribution in [0.15, 0.2) is 36.4 Å². The van der Waals surface area contributed by atoms with Crippen molar-refractivity contribution in [3.05, 3.63) is 42.0 Å². The van der Waals surface area contributed by atoms with Gasteiger partial charge in [0.15, 0.2) is 0 Å². The van der Waals surface area contributed by atoms with Crippen molar-refractivity contribution in [3.8, 4) is 0 Å². The molecule has 0 atom stereocenters. The lowest BCUT2D eigenvalue weighted by atomic mass is 10.1. The Morgan fingerprint density at radius 3 is 2.65 bits per heavy atom. The molecule has 2 amide bonds. The lowest BCUT2D eigenvalue weighted by molar-refractivity contribution is -0.120. The Morgan fingerprint density at radius 1 is 1.29 bits per heavy atom. The topological polar surface area (TPSA) is 58.2 Å². The number of benzene rings is 1. The molecule has 0 saturated heterocycles. The third-order valence-corrected chi connectivity index (χ3v) is 2.22. The maximum Gasteiger partial charge on any atom is 0.248 e. The van der Waals surface area contributed by atoms with Gasteiger partial charge in [-0.15, -0.1) is 0 Å². The van der Waals surface area contributed by atoms with Crippen LogP contribution in [0, 0.1) is 0 Å². The first-order chi connectivity index (χ1) is 8.17. The van der Waals surface area contributed by atoms with Crippen LogP contribution < -0.4 is 10.6 Å². The van der Waals surface area contributed by atoms with E-state index in [-0.39, 0.29) is 18.2 Å². The maximum absolute atomic E-state index is 11.4. The van der Waals surface area contributed by atoms with Gasteiger partial charge in [-0.3, -0.25) is 9.59 Å². The first kappa shape index (κ1) is 13.0. The Hall–Kier alpha value is -2.10. The number of likely N-dealkylation sites (N-methyl/N-ethyl adjacent to an activating group) is 1. The molecule has 0 bridgehead atoms. The Kier molecular flexibility index (Phi) is 4.94. The lowest BCUT2D eigenvalue weighted by Crippen LogP contribution is -2.21. The van der Waals surface area contributed by atoms with E-state index < -0.39 is 0 Å². The molecule has 0 unspecified atom stereocenters. The fourth-order valence-electron chi connectivity index (χ4n) is 1.38. The highest BCUT2D eigenvalue weighted by atomic mass is 16.2. The highest BCUT2D eigenvalue weighted by Gasteiger charge is 2.07. The molecule has 4 nitrogen and oxygen atoms in total. The number of amides is 2. The summed E-state index contributed by atoms with van der Waals surface area (Å²) in [5.41, 5.74) is 1.46. The van der Waals surface area contributed by atoms with Crippen molar-refractivity contribution in [3.63, 3.8) is 0 Å². The van der Waals surface area contributed by atoms with Crippen molar-refractivity contribution in [2.45, 2.75) is 13.3 Å². The average Bonchev–Trinajstić information content (AvgIpc) is 2.31. The van der Waals surface area contributed by atoms with Crippen LogP contribution in [-0.4, -0.2) is 18.9 Å². The second-order valence-corrected chi connectivity index (χ2v) is 3.50. The Balaban J connectivity index is 2.84. The maximum atomic E-state index is 11.4. The van der Waals surface area contributed by atoms with Crippen molar-refractivity contribution in [1.29, 1.82) is 0 Å². The molecule has 0 aliphatic carbocycles. The van der Waals surface area contributed by atoms with Crippen LogP contribution in [0.4, 0.5) is 5.69 Å². The van der Waals surface area contributed by atoms with E-state index in [1.165, 1.54) is 6.08 Å². The molecule has 1 rings (SSSR count). The van der Waals surface area contributed by atoms with Gasteiger partial charge in [0.05, 0.1) is 6.42 Å². The van der Waals surface area contributed by atoms with Crippen LogP contribution in [0.5, 0.6) is 0 Å². The normalized spacial score (nSPS) is 10.2. The largest absolute Gasteiger partial charge is 0.359 e. The fraction of sp³-hybridized carbons (Fsp3) is 0.231. The average molecular weight is 232 g/mol. The lowest BCUT2D eigenvalue weighted by Gasteiger charge is -2.08. The zero-order chi connectivity index (χ0) is 12.7. The van der Waals surface area contributed by atoms with E-state index in [2.05, 4.69) is 10.6 Å². The number of rotatable bonds is 4. The number of nitrogens with one attached hydrogen (secondary N) is 2. The first-order valence-electron chi connectivity index (χ1n) is 5.39. The van der Waals surface area contributed by atoms with Gasteiger partial charge >= 0.3 is 0 Å². The molecular formula is C13H16N2O2. The molecule has 0 heterocycles. The third kappa shape index (κ3) is 4.10. The third-order valence-electron chi connectivity index (χ3n) is 2.22. The SMILES string of the molecule is CC=CC(=O)Nc1ccccc1CC(=O)NC. The summed E-state index contributed by atoms with van der Waals surface area (Å²) in [6.45, 7) is 1.77. The molecule has 90 valence electrons. The summed E-state index contributed by atoms with van der Waals surface area (Å²) >= 11 is 0. The summed E-state index contributed by atoms with van der Waals surface area (Å²) < 4.78 is 0. The predicted molar refractivity (Wildman–Crippen MR) is 67.7 cm³/mol. The van der Waals surface area contributed by atoms with Crippen LogP contribution >= 0.6 is 0 Å². The molecule has 0 aromatic heterocycles. The summed E-state index contributed by atoms with van der Waals surface area (Å²) in [4.78, 5) is 22.7. The number of anilines is 1. The molecular weight excluding hydrogens is 216 g/mol. The molecule has 1 aromatic rings. The van der Waals surface area contributed by atoms with E-state index in [9.17, 15) is 9.59 Å². The van der Waals surface area contributed by atoms with Gasteiger partial charge in [-0.05, 0) is 24.6 Å². The molecule has 0 saturated carbocycles. The number of carbonyl (C=O) groups excluding carboxylic acids is 2. The Morgan fingerprint density at radius 2 is 2.00 bits per heavy atom. The standard InChI is InChI=1S/C13H16N2O2/c1-3-6-12(16)15-11-8-5-4-7-10(11)9-13(17)14-2/h3-8H,9H2,1-2H3,(H,14,17)(H,15,16). The van der Waals surface area contributed by atoms with E-state index >= 15 is 0 Å². The molecule has 0 fully saturated rings. The minimum atomic E-state index is -0.197. The van der Waals surface area contributed by atoms with Gasteiger partial charge in [0.25, 0.3) is 0 Å². The van der Waals surface area contributed by atoms with Crippen LogP contribution in [0.1, 0.15) is 12.5 Å². The van der Waals surface area contributed by atoms with Gasteiger partial charge in [-0.1, -0.05) is 24.3 Å². The van der Waals surface area contributed by atoms with Gasteiger partial charge < -0.3 is 10.6 Å². The van der Waals surface area contributed by atoms with E-state index in [1.54, 1.807) is 26.1 Å². The summed E-state index contributed by atoms with van der Waals surface area (Å²) in [6.07, 6.45) is 3.36. The van der Waals surface area contributed by atoms with Gasteiger partial charge in [-0.2, -0.15) is 0 Å². The van der Waals surface area contributed by atoms with E-state index in [0.29, 0.717) is 5.69 Å². The molecule has 0 spiro atoms. The minimum Gasteiger partial charge on any atom is -0.359 e. The van der Waals surface area contributed by atoms with E-state index in [4.69, 9.17) is 0 Å².